The lowest BCUT2D eigenvalue weighted by molar-refractivity contribution is 0.144. The summed E-state index contributed by atoms with van der Waals surface area (Å²) < 4.78 is 9.69. The Hall–Kier alpha value is -0.0800. The molecule has 0 N–H and O–H groups in total. The molecule has 2 heterocycles. The van der Waals surface area contributed by atoms with Crippen molar-refractivity contribution in [3.05, 3.63) is 0 Å². The normalized spacial score (nSPS) is 24.0. The predicted molar refractivity (Wildman–Crippen MR) is 40.1 cm³/mol. The summed E-state index contributed by atoms with van der Waals surface area (Å²) in [6.07, 6.45) is 5.31. The van der Waals surface area contributed by atoms with E-state index < -0.39 is 0 Å². The monoisotopic (exact) mass is 144 g/mol. The maximum absolute atomic E-state index is 5.19. The highest BCUT2D eigenvalue weighted by atomic mass is 16.6. The highest BCUT2D eigenvalue weighted by Crippen LogP contribution is 2.04. The minimum absolute atomic E-state index is 1.00. The first kappa shape index (κ1) is 8.02. The summed E-state index contributed by atoms with van der Waals surface area (Å²) in [6.45, 7) is 4.00. The van der Waals surface area contributed by atoms with Crippen LogP contribution in [0, 0.1) is 0 Å². The fourth-order valence-electron chi connectivity index (χ4n) is 0.864. The maximum atomic E-state index is 5.19. The molecule has 0 spiro atoms. The Morgan fingerprint density at radius 3 is 1.40 bits per heavy atom. The van der Waals surface area contributed by atoms with E-state index >= 15 is 0 Å². The van der Waals surface area contributed by atoms with Gasteiger partial charge < -0.3 is 9.47 Å². The van der Waals surface area contributed by atoms with Crippen LogP contribution in [0.2, 0.25) is 0 Å². The van der Waals surface area contributed by atoms with Crippen molar-refractivity contribution in [1.82, 2.24) is 0 Å². The minimum Gasteiger partial charge on any atom is -0.381 e. The van der Waals surface area contributed by atoms with E-state index in [9.17, 15) is 0 Å². The minimum atomic E-state index is 1.00. The molecule has 0 amide bonds. The zero-order chi connectivity index (χ0) is 7.07. The first-order valence-corrected chi connectivity index (χ1v) is 4.15. The van der Waals surface area contributed by atoms with Crippen molar-refractivity contribution in [3.63, 3.8) is 0 Å². The van der Waals surface area contributed by atoms with Gasteiger partial charge in [-0.25, -0.2) is 0 Å². The lowest BCUT2D eigenvalue weighted by Crippen LogP contribution is -1.89. The van der Waals surface area contributed by atoms with Gasteiger partial charge in [-0.05, 0) is 12.8 Å². The third-order valence-corrected chi connectivity index (χ3v) is 1.53. The molecular formula is C8H16O2. The van der Waals surface area contributed by atoms with Crippen molar-refractivity contribution in [1.29, 1.82) is 0 Å². The molecule has 2 saturated heterocycles. The third kappa shape index (κ3) is 6.05. The van der Waals surface area contributed by atoms with Crippen LogP contribution in [0.4, 0.5) is 0 Å². The number of ether oxygens (including phenoxy) is 2. The molecule has 2 fully saturated rings. The van der Waals surface area contributed by atoms with Crippen LogP contribution in [0.15, 0.2) is 0 Å². The summed E-state index contributed by atoms with van der Waals surface area (Å²) in [5.74, 6) is 0. The highest BCUT2D eigenvalue weighted by molar-refractivity contribution is 4.46. The largest absolute Gasteiger partial charge is 0.381 e. The quantitative estimate of drug-likeness (QED) is 0.482. The SMILES string of the molecule is C1CCCOCC1.C1CO1. The van der Waals surface area contributed by atoms with Gasteiger partial charge in [-0.2, -0.15) is 0 Å². The van der Waals surface area contributed by atoms with E-state index in [4.69, 9.17) is 4.74 Å². The van der Waals surface area contributed by atoms with Gasteiger partial charge in [0.25, 0.3) is 0 Å². The van der Waals surface area contributed by atoms with Gasteiger partial charge in [0, 0.05) is 13.2 Å². The maximum Gasteiger partial charge on any atom is 0.0701 e. The van der Waals surface area contributed by atoms with E-state index in [1.54, 1.807) is 0 Å². The molecule has 0 aromatic heterocycles. The smallest absolute Gasteiger partial charge is 0.0701 e. The van der Waals surface area contributed by atoms with Gasteiger partial charge in [-0.1, -0.05) is 12.8 Å². The molecule has 10 heavy (non-hydrogen) atoms. The summed E-state index contributed by atoms with van der Waals surface area (Å²) in [5.41, 5.74) is 0. The van der Waals surface area contributed by atoms with E-state index in [1.807, 2.05) is 0 Å². The van der Waals surface area contributed by atoms with Crippen LogP contribution < -0.4 is 0 Å². The molecule has 2 rings (SSSR count). The number of hydrogen-bond donors (Lipinski definition) is 0. The van der Waals surface area contributed by atoms with Gasteiger partial charge >= 0.3 is 0 Å². The second kappa shape index (κ2) is 5.69. The van der Waals surface area contributed by atoms with Gasteiger partial charge in [-0.3, -0.25) is 0 Å². The average molecular weight is 144 g/mol. The van der Waals surface area contributed by atoms with Crippen LogP contribution in [0.1, 0.15) is 25.7 Å². The van der Waals surface area contributed by atoms with Gasteiger partial charge in [0.1, 0.15) is 0 Å². The van der Waals surface area contributed by atoms with E-state index in [1.165, 1.54) is 25.7 Å². The molecule has 2 heteroatoms. The summed E-state index contributed by atoms with van der Waals surface area (Å²) in [7, 11) is 0. The lowest BCUT2D eigenvalue weighted by atomic mass is 10.2. The molecule has 2 nitrogen and oxygen atoms in total. The number of rotatable bonds is 0. The van der Waals surface area contributed by atoms with E-state index in [-0.39, 0.29) is 0 Å². The van der Waals surface area contributed by atoms with Gasteiger partial charge in [0.05, 0.1) is 13.2 Å². The fourth-order valence-corrected chi connectivity index (χ4v) is 0.864. The Labute approximate surface area is 62.5 Å². The number of epoxide rings is 1. The molecule has 2 aliphatic heterocycles. The second-order valence-electron chi connectivity index (χ2n) is 2.64. The van der Waals surface area contributed by atoms with Crippen molar-refractivity contribution in [2.75, 3.05) is 26.4 Å². The molecule has 0 radical (unpaired) electrons. The predicted octanol–water partition coefficient (Wildman–Crippen LogP) is 1.59. The third-order valence-electron chi connectivity index (χ3n) is 1.53. The van der Waals surface area contributed by atoms with Crippen molar-refractivity contribution < 1.29 is 9.47 Å². The molecular weight excluding hydrogens is 128 g/mol. The topological polar surface area (TPSA) is 21.8 Å². The molecule has 0 saturated carbocycles. The molecule has 0 unspecified atom stereocenters. The summed E-state index contributed by atoms with van der Waals surface area (Å²) >= 11 is 0. The number of hydrogen-bond acceptors (Lipinski definition) is 2. The molecule has 0 aliphatic carbocycles. The van der Waals surface area contributed by atoms with Crippen LogP contribution >= 0.6 is 0 Å². The molecule has 0 bridgehead atoms. The van der Waals surface area contributed by atoms with Crippen LogP contribution in [0.25, 0.3) is 0 Å². The first-order valence-electron chi connectivity index (χ1n) is 4.15. The van der Waals surface area contributed by atoms with Gasteiger partial charge in [0.2, 0.25) is 0 Å². The zero-order valence-corrected chi connectivity index (χ0v) is 6.47. The van der Waals surface area contributed by atoms with E-state index in [0.717, 1.165) is 26.4 Å². The molecule has 0 atom stereocenters. The first-order chi connectivity index (χ1) is 5.00. The van der Waals surface area contributed by atoms with Crippen LogP contribution in [0.3, 0.4) is 0 Å². The Morgan fingerprint density at radius 1 is 0.500 bits per heavy atom. The second-order valence-corrected chi connectivity index (χ2v) is 2.64. The fraction of sp³-hybridized carbons (Fsp3) is 1.00. The molecule has 2 aliphatic rings. The molecule has 0 aromatic rings. The zero-order valence-electron chi connectivity index (χ0n) is 6.47. The van der Waals surface area contributed by atoms with Crippen molar-refractivity contribution in [2.24, 2.45) is 0 Å². The average Bonchev–Trinajstić information content (AvgIpc) is 2.82. The summed E-state index contributed by atoms with van der Waals surface area (Å²) in [4.78, 5) is 0. The Morgan fingerprint density at radius 2 is 1.00 bits per heavy atom. The van der Waals surface area contributed by atoms with Crippen LogP contribution in [0.5, 0.6) is 0 Å². The van der Waals surface area contributed by atoms with Crippen molar-refractivity contribution in [2.45, 2.75) is 25.7 Å². The van der Waals surface area contributed by atoms with Crippen LogP contribution in [-0.2, 0) is 9.47 Å². The Bertz CT molecular complexity index is 49.3. The van der Waals surface area contributed by atoms with E-state index in [0.29, 0.717) is 0 Å². The highest BCUT2D eigenvalue weighted by Gasteiger charge is 1.95. The van der Waals surface area contributed by atoms with Crippen molar-refractivity contribution >= 4 is 0 Å². The van der Waals surface area contributed by atoms with Crippen molar-refractivity contribution in [3.8, 4) is 0 Å². The molecule has 60 valence electrons. The van der Waals surface area contributed by atoms with Gasteiger partial charge in [-0.15, -0.1) is 0 Å². The van der Waals surface area contributed by atoms with E-state index in [2.05, 4.69) is 4.74 Å². The van der Waals surface area contributed by atoms with Gasteiger partial charge in [0.15, 0.2) is 0 Å². The lowest BCUT2D eigenvalue weighted by Gasteiger charge is -1.91. The summed E-state index contributed by atoms with van der Waals surface area (Å²) in [5, 5.41) is 0. The summed E-state index contributed by atoms with van der Waals surface area (Å²) in [6, 6.07) is 0. The standard InChI is InChI=1S/C6H12O.C2H4O/c1-2-4-6-7-5-3-1;1-2-3-1/h1-6H2;1-2H2. The Kier molecular flexibility index (Phi) is 4.56. The Balaban J connectivity index is 0.000000138. The molecule has 0 aromatic carbocycles. The van der Waals surface area contributed by atoms with Crippen LogP contribution in [-0.4, -0.2) is 26.4 Å².